The molecular weight excluding hydrogens is 288 g/mol. The Labute approximate surface area is 121 Å². The predicted molar refractivity (Wildman–Crippen MR) is 65.8 cm³/mol. The average molecular weight is 310 g/mol. The Bertz CT molecular complexity index is 354. The van der Waals surface area contributed by atoms with E-state index in [0.29, 0.717) is 0 Å². The lowest BCUT2D eigenvalue weighted by molar-refractivity contribution is -0.356. The summed E-state index contributed by atoms with van der Waals surface area (Å²) in [7, 11) is 0. The van der Waals surface area contributed by atoms with Gasteiger partial charge in [0.2, 0.25) is 0 Å². The normalized spacial score (nSPS) is 55.4. The Morgan fingerprint density at radius 3 is 1.81 bits per heavy atom. The van der Waals surface area contributed by atoms with Gasteiger partial charge in [-0.2, -0.15) is 0 Å². The monoisotopic (exact) mass is 310 g/mol. The van der Waals surface area contributed by atoms with E-state index in [9.17, 15) is 30.6 Å². The second-order valence-electron chi connectivity index (χ2n) is 5.50. The van der Waals surface area contributed by atoms with Crippen molar-refractivity contribution in [2.75, 3.05) is 0 Å². The molecule has 21 heavy (non-hydrogen) atoms. The summed E-state index contributed by atoms with van der Waals surface area (Å²) in [5.41, 5.74) is 0. The molecule has 2 saturated heterocycles. The van der Waals surface area contributed by atoms with Crippen LogP contribution in [-0.4, -0.2) is 92.1 Å². The van der Waals surface area contributed by atoms with Crippen LogP contribution in [0.1, 0.15) is 13.8 Å². The van der Waals surface area contributed by atoms with Crippen molar-refractivity contribution < 1.29 is 44.8 Å². The van der Waals surface area contributed by atoms with E-state index in [-0.39, 0.29) is 0 Å². The van der Waals surface area contributed by atoms with E-state index < -0.39 is 61.4 Å². The number of aliphatic hydroxyl groups excluding tert-OH is 6. The van der Waals surface area contributed by atoms with Crippen LogP contribution in [0.4, 0.5) is 0 Å². The molecule has 2 aliphatic heterocycles. The van der Waals surface area contributed by atoms with Crippen LogP contribution in [0.5, 0.6) is 0 Å². The zero-order valence-electron chi connectivity index (χ0n) is 11.7. The Hall–Kier alpha value is -0.360. The molecule has 2 heterocycles. The first-order chi connectivity index (χ1) is 9.73. The Morgan fingerprint density at radius 1 is 0.667 bits per heavy atom. The molecule has 10 atom stereocenters. The van der Waals surface area contributed by atoms with Gasteiger partial charge in [-0.3, -0.25) is 0 Å². The third-order valence-electron chi connectivity index (χ3n) is 3.90. The topological polar surface area (TPSA) is 149 Å². The van der Waals surface area contributed by atoms with Crippen molar-refractivity contribution in [2.24, 2.45) is 0 Å². The molecule has 0 aromatic heterocycles. The van der Waals surface area contributed by atoms with Crippen LogP contribution in [0, 0.1) is 0 Å². The van der Waals surface area contributed by atoms with Gasteiger partial charge >= 0.3 is 0 Å². The van der Waals surface area contributed by atoms with E-state index in [2.05, 4.69) is 0 Å². The molecule has 6 N–H and O–H groups in total. The Kier molecular flexibility index (Phi) is 5.19. The van der Waals surface area contributed by atoms with Gasteiger partial charge in [0, 0.05) is 0 Å². The van der Waals surface area contributed by atoms with Crippen LogP contribution < -0.4 is 0 Å². The fourth-order valence-electron chi connectivity index (χ4n) is 2.45. The second kappa shape index (κ2) is 6.41. The number of hydrogen-bond donors (Lipinski definition) is 6. The van der Waals surface area contributed by atoms with Gasteiger partial charge in [0.1, 0.15) is 36.6 Å². The van der Waals surface area contributed by atoms with Gasteiger partial charge in [-0.15, -0.1) is 0 Å². The van der Waals surface area contributed by atoms with E-state index in [1.54, 1.807) is 0 Å². The van der Waals surface area contributed by atoms with Gasteiger partial charge < -0.3 is 44.8 Å². The van der Waals surface area contributed by atoms with E-state index in [0.717, 1.165) is 0 Å². The minimum absolute atomic E-state index is 0.793. The first kappa shape index (κ1) is 17.0. The molecule has 9 heteroatoms. The molecule has 0 saturated carbocycles. The number of ether oxygens (including phenoxy) is 3. The third-order valence-corrected chi connectivity index (χ3v) is 3.90. The van der Waals surface area contributed by atoms with Crippen molar-refractivity contribution in [3.05, 3.63) is 0 Å². The highest BCUT2D eigenvalue weighted by Crippen LogP contribution is 2.28. The van der Waals surface area contributed by atoms with Crippen molar-refractivity contribution in [1.82, 2.24) is 0 Å². The summed E-state index contributed by atoms with van der Waals surface area (Å²) in [6, 6.07) is 0. The lowest BCUT2D eigenvalue weighted by Gasteiger charge is -2.44. The molecule has 0 amide bonds. The standard InChI is InChI=1S/C12H22O9/c1-3-6(14)8(16)10(11(18)19-3)21-12-9(17)7(15)5(13)4(2)20-12/h3-18H,1-2H3/t3-,4+,5-,6+,7-,8+,9+,10-,11?,12+/m1/s1. The zero-order valence-corrected chi connectivity index (χ0v) is 11.7. The molecule has 9 nitrogen and oxygen atoms in total. The third kappa shape index (κ3) is 3.21. The summed E-state index contributed by atoms with van der Waals surface area (Å²) >= 11 is 0. The molecule has 124 valence electrons. The predicted octanol–water partition coefficient (Wildman–Crippen LogP) is -3.34. The smallest absolute Gasteiger partial charge is 0.187 e. The summed E-state index contributed by atoms with van der Waals surface area (Å²) in [6.45, 7) is 2.94. The first-order valence-corrected chi connectivity index (χ1v) is 6.78. The highest BCUT2D eigenvalue weighted by atomic mass is 16.7. The lowest BCUT2D eigenvalue weighted by Crippen LogP contribution is -2.62. The largest absolute Gasteiger partial charge is 0.388 e. The molecule has 0 radical (unpaired) electrons. The maximum absolute atomic E-state index is 9.91. The van der Waals surface area contributed by atoms with E-state index in [1.807, 2.05) is 0 Å². The summed E-state index contributed by atoms with van der Waals surface area (Å²) in [5, 5.41) is 58.5. The van der Waals surface area contributed by atoms with Crippen LogP contribution in [0.2, 0.25) is 0 Å². The highest BCUT2D eigenvalue weighted by Gasteiger charge is 2.48. The van der Waals surface area contributed by atoms with Gasteiger partial charge in [-0.05, 0) is 13.8 Å². The van der Waals surface area contributed by atoms with Crippen LogP contribution in [0.25, 0.3) is 0 Å². The van der Waals surface area contributed by atoms with Crippen molar-refractivity contribution in [3.8, 4) is 0 Å². The summed E-state index contributed by atoms with van der Waals surface area (Å²) < 4.78 is 15.5. The average Bonchev–Trinajstić information content (AvgIpc) is 2.44. The summed E-state index contributed by atoms with van der Waals surface area (Å²) in [4.78, 5) is 0. The molecule has 0 aromatic carbocycles. The maximum atomic E-state index is 9.91. The minimum atomic E-state index is -1.58. The fraction of sp³-hybridized carbons (Fsp3) is 1.00. The number of aliphatic hydroxyl groups is 6. The van der Waals surface area contributed by atoms with Gasteiger partial charge in [0.05, 0.1) is 12.2 Å². The molecule has 2 fully saturated rings. The van der Waals surface area contributed by atoms with E-state index in [1.165, 1.54) is 13.8 Å². The van der Waals surface area contributed by atoms with Gasteiger partial charge in [-0.1, -0.05) is 0 Å². The molecule has 0 aliphatic carbocycles. The van der Waals surface area contributed by atoms with E-state index >= 15 is 0 Å². The molecule has 1 unspecified atom stereocenters. The van der Waals surface area contributed by atoms with Crippen molar-refractivity contribution >= 4 is 0 Å². The summed E-state index contributed by atoms with van der Waals surface area (Å²) in [6.07, 6.45) is -13.0. The van der Waals surface area contributed by atoms with Gasteiger partial charge in [0.15, 0.2) is 12.6 Å². The molecule has 0 spiro atoms. The molecule has 2 aliphatic rings. The molecule has 0 bridgehead atoms. The minimum Gasteiger partial charge on any atom is -0.388 e. The summed E-state index contributed by atoms with van der Waals surface area (Å²) in [5.74, 6) is 0. The Balaban J connectivity index is 2.06. The fourth-order valence-corrected chi connectivity index (χ4v) is 2.45. The van der Waals surface area contributed by atoms with Crippen LogP contribution in [0.15, 0.2) is 0 Å². The second-order valence-corrected chi connectivity index (χ2v) is 5.50. The van der Waals surface area contributed by atoms with Crippen molar-refractivity contribution in [1.29, 1.82) is 0 Å². The van der Waals surface area contributed by atoms with Crippen LogP contribution >= 0.6 is 0 Å². The zero-order chi connectivity index (χ0) is 15.9. The SMILES string of the molecule is C[C@@H]1O[C@@H](O[C@H]2C(O)O[C@H](C)[C@H](O)[C@@H]2O)[C@@H](O)[C@H](O)[C@@H]1O. The van der Waals surface area contributed by atoms with Crippen molar-refractivity contribution in [3.63, 3.8) is 0 Å². The Morgan fingerprint density at radius 2 is 1.19 bits per heavy atom. The molecule has 2 rings (SSSR count). The van der Waals surface area contributed by atoms with E-state index in [4.69, 9.17) is 14.2 Å². The number of hydrogen-bond acceptors (Lipinski definition) is 9. The van der Waals surface area contributed by atoms with Gasteiger partial charge in [0.25, 0.3) is 0 Å². The first-order valence-electron chi connectivity index (χ1n) is 6.78. The quantitative estimate of drug-likeness (QED) is 0.308. The van der Waals surface area contributed by atoms with Gasteiger partial charge in [-0.25, -0.2) is 0 Å². The number of rotatable bonds is 2. The van der Waals surface area contributed by atoms with Crippen LogP contribution in [-0.2, 0) is 14.2 Å². The molecule has 0 aromatic rings. The highest BCUT2D eigenvalue weighted by molar-refractivity contribution is 4.91. The maximum Gasteiger partial charge on any atom is 0.187 e. The van der Waals surface area contributed by atoms with Crippen molar-refractivity contribution in [2.45, 2.75) is 75.3 Å². The van der Waals surface area contributed by atoms with Crippen LogP contribution in [0.3, 0.4) is 0 Å². The lowest BCUT2D eigenvalue weighted by atomic mass is 9.98. The molecular formula is C12H22O9.